The zero-order valence-corrected chi connectivity index (χ0v) is 12.2. The van der Waals surface area contributed by atoms with Crippen LogP contribution >= 0.6 is 0 Å². The van der Waals surface area contributed by atoms with Crippen LogP contribution in [0.3, 0.4) is 0 Å². The van der Waals surface area contributed by atoms with Gasteiger partial charge in [0.25, 0.3) is 0 Å². The summed E-state index contributed by atoms with van der Waals surface area (Å²) in [6.45, 7) is 6.58. The molecule has 20 heavy (non-hydrogen) atoms. The molecule has 4 nitrogen and oxygen atoms in total. The zero-order chi connectivity index (χ0) is 13.9. The molecule has 106 valence electrons. The maximum atomic E-state index is 4.52. The van der Waals surface area contributed by atoms with Gasteiger partial charge in [0.2, 0.25) is 0 Å². The molecule has 1 aliphatic rings. The zero-order valence-electron chi connectivity index (χ0n) is 12.2. The van der Waals surface area contributed by atoms with Crippen LogP contribution in [0.4, 0.5) is 0 Å². The fourth-order valence-corrected chi connectivity index (χ4v) is 2.89. The van der Waals surface area contributed by atoms with E-state index in [1.54, 1.807) is 0 Å². The molecule has 0 bridgehead atoms. The second-order valence-electron chi connectivity index (χ2n) is 5.87. The third-order valence-corrected chi connectivity index (χ3v) is 3.93. The van der Waals surface area contributed by atoms with E-state index in [1.165, 1.54) is 12.0 Å². The molecule has 4 heteroatoms. The summed E-state index contributed by atoms with van der Waals surface area (Å²) >= 11 is 0. The number of aromatic nitrogens is 3. The molecule has 0 amide bonds. The Bertz CT molecular complexity index is 567. The van der Waals surface area contributed by atoms with Gasteiger partial charge in [0, 0.05) is 18.4 Å². The van der Waals surface area contributed by atoms with Crippen LogP contribution in [0.15, 0.2) is 30.6 Å². The Morgan fingerprint density at radius 2 is 2.25 bits per heavy atom. The van der Waals surface area contributed by atoms with Crippen molar-refractivity contribution < 1.29 is 0 Å². The van der Waals surface area contributed by atoms with Crippen LogP contribution in [0.2, 0.25) is 0 Å². The Morgan fingerprint density at radius 1 is 1.35 bits per heavy atom. The van der Waals surface area contributed by atoms with Crippen molar-refractivity contribution >= 4 is 0 Å². The number of hydrogen-bond acceptors (Lipinski definition) is 3. The second-order valence-corrected chi connectivity index (χ2v) is 5.87. The molecule has 1 fully saturated rings. The van der Waals surface area contributed by atoms with Crippen molar-refractivity contribution in [2.45, 2.75) is 32.7 Å². The standard InChI is InChI=1S/C16H22N4/c1-12(2)20-16(5-8-19-20)15-10-13(4-7-18-15)9-14-3-6-17-11-14/h4-5,7-8,10,12,14,17H,3,6,9,11H2,1-2H3/t14-/m0/s1. The third kappa shape index (κ3) is 2.75. The van der Waals surface area contributed by atoms with Crippen LogP contribution in [0.5, 0.6) is 0 Å². The minimum absolute atomic E-state index is 0.351. The lowest BCUT2D eigenvalue weighted by atomic mass is 9.98. The molecule has 2 aromatic rings. The summed E-state index contributed by atoms with van der Waals surface area (Å²) in [4.78, 5) is 4.52. The SMILES string of the molecule is CC(C)n1nccc1-c1cc(C[C@@H]2CCNC2)ccn1. The molecule has 1 aliphatic heterocycles. The molecule has 0 aromatic carbocycles. The average Bonchev–Trinajstić information content (AvgIpc) is 3.09. The molecule has 0 radical (unpaired) electrons. The van der Waals surface area contributed by atoms with E-state index >= 15 is 0 Å². The highest BCUT2D eigenvalue weighted by molar-refractivity contribution is 5.55. The maximum Gasteiger partial charge on any atom is 0.0885 e. The van der Waals surface area contributed by atoms with Gasteiger partial charge in [-0.25, -0.2) is 0 Å². The Labute approximate surface area is 120 Å². The van der Waals surface area contributed by atoms with Gasteiger partial charge in [0.15, 0.2) is 0 Å². The molecule has 0 spiro atoms. The summed E-state index contributed by atoms with van der Waals surface area (Å²) < 4.78 is 2.03. The van der Waals surface area contributed by atoms with Gasteiger partial charge >= 0.3 is 0 Å². The lowest BCUT2D eigenvalue weighted by Crippen LogP contribution is -2.11. The number of pyridine rings is 1. The Hall–Kier alpha value is -1.68. The number of rotatable bonds is 4. The van der Waals surface area contributed by atoms with Crippen LogP contribution in [-0.4, -0.2) is 27.9 Å². The highest BCUT2D eigenvalue weighted by atomic mass is 15.3. The van der Waals surface area contributed by atoms with Crippen LogP contribution < -0.4 is 5.32 Å². The smallest absolute Gasteiger partial charge is 0.0885 e. The predicted octanol–water partition coefficient (Wildman–Crippen LogP) is 2.68. The molecule has 2 aromatic heterocycles. The van der Waals surface area contributed by atoms with Gasteiger partial charge in [-0.1, -0.05) is 0 Å². The van der Waals surface area contributed by atoms with Crippen molar-refractivity contribution in [1.29, 1.82) is 0 Å². The first-order valence-corrected chi connectivity index (χ1v) is 7.43. The topological polar surface area (TPSA) is 42.7 Å². The fraction of sp³-hybridized carbons (Fsp3) is 0.500. The van der Waals surface area contributed by atoms with Crippen molar-refractivity contribution in [3.05, 3.63) is 36.2 Å². The third-order valence-electron chi connectivity index (χ3n) is 3.93. The molecular formula is C16H22N4. The summed E-state index contributed by atoms with van der Waals surface area (Å²) in [5.41, 5.74) is 3.51. The molecule has 1 N–H and O–H groups in total. The van der Waals surface area contributed by atoms with Crippen LogP contribution in [0.25, 0.3) is 11.4 Å². The lowest BCUT2D eigenvalue weighted by molar-refractivity contribution is 0.537. The molecule has 1 atom stereocenters. The minimum atomic E-state index is 0.351. The van der Waals surface area contributed by atoms with Crippen molar-refractivity contribution in [1.82, 2.24) is 20.1 Å². The molecule has 0 aliphatic carbocycles. The van der Waals surface area contributed by atoms with Gasteiger partial charge in [0.05, 0.1) is 11.4 Å². The van der Waals surface area contributed by atoms with Crippen molar-refractivity contribution in [3.63, 3.8) is 0 Å². The molecule has 0 unspecified atom stereocenters. The quantitative estimate of drug-likeness (QED) is 0.929. The van der Waals surface area contributed by atoms with Crippen LogP contribution in [0, 0.1) is 5.92 Å². The van der Waals surface area contributed by atoms with E-state index < -0.39 is 0 Å². The highest BCUT2D eigenvalue weighted by Gasteiger charge is 2.16. The second kappa shape index (κ2) is 5.75. The normalized spacial score (nSPS) is 18.9. The van der Waals surface area contributed by atoms with E-state index in [0.717, 1.165) is 36.8 Å². The van der Waals surface area contributed by atoms with E-state index in [-0.39, 0.29) is 0 Å². The highest BCUT2D eigenvalue weighted by Crippen LogP contribution is 2.22. The molecule has 1 saturated heterocycles. The van der Waals surface area contributed by atoms with Gasteiger partial charge in [-0.3, -0.25) is 9.67 Å². The average molecular weight is 270 g/mol. The van der Waals surface area contributed by atoms with Gasteiger partial charge in [-0.05, 0) is 69.5 Å². The Morgan fingerprint density at radius 3 is 3.00 bits per heavy atom. The van der Waals surface area contributed by atoms with Crippen molar-refractivity contribution in [2.24, 2.45) is 5.92 Å². The first-order chi connectivity index (χ1) is 9.74. The first kappa shape index (κ1) is 13.3. The monoisotopic (exact) mass is 270 g/mol. The summed E-state index contributed by atoms with van der Waals surface area (Å²) in [5.74, 6) is 0.764. The fourth-order valence-electron chi connectivity index (χ4n) is 2.89. The summed E-state index contributed by atoms with van der Waals surface area (Å²) in [5, 5.41) is 7.82. The number of hydrogen-bond donors (Lipinski definition) is 1. The minimum Gasteiger partial charge on any atom is -0.316 e. The van der Waals surface area contributed by atoms with Crippen LogP contribution in [-0.2, 0) is 6.42 Å². The largest absolute Gasteiger partial charge is 0.316 e. The van der Waals surface area contributed by atoms with Gasteiger partial charge < -0.3 is 5.32 Å². The summed E-state index contributed by atoms with van der Waals surface area (Å²) in [6, 6.07) is 6.75. The van der Waals surface area contributed by atoms with E-state index in [2.05, 4.69) is 41.4 Å². The Kier molecular flexibility index (Phi) is 3.83. The summed E-state index contributed by atoms with van der Waals surface area (Å²) in [7, 11) is 0. The van der Waals surface area contributed by atoms with Gasteiger partial charge in [-0.15, -0.1) is 0 Å². The first-order valence-electron chi connectivity index (χ1n) is 7.43. The van der Waals surface area contributed by atoms with Crippen molar-refractivity contribution in [2.75, 3.05) is 13.1 Å². The lowest BCUT2D eigenvalue weighted by Gasteiger charge is -2.12. The van der Waals surface area contributed by atoms with Gasteiger partial charge in [0.1, 0.15) is 0 Å². The number of nitrogens with one attached hydrogen (secondary N) is 1. The molecule has 3 rings (SSSR count). The van der Waals surface area contributed by atoms with E-state index in [1.807, 2.05) is 23.1 Å². The molecule has 0 saturated carbocycles. The predicted molar refractivity (Wildman–Crippen MR) is 80.5 cm³/mol. The van der Waals surface area contributed by atoms with Gasteiger partial charge in [-0.2, -0.15) is 5.10 Å². The molecular weight excluding hydrogens is 248 g/mol. The maximum absolute atomic E-state index is 4.52. The van der Waals surface area contributed by atoms with E-state index in [4.69, 9.17) is 0 Å². The molecule has 3 heterocycles. The number of nitrogens with zero attached hydrogens (tertiary/aromatic N) is 3. The Balaban J connectivity index is 1.84. The van der Waals surface area contributed by atoms with Crippen molar-refractivity contribution in [3.8, 4) is 11.4 Å². The van der Waals surface area contributed by atoms with Crippen LogP contribution in [0.1, 0.15) is 31.9 Å². The van der Waals surface area contributed by atoms with E-state index in [0.29, 0.717) is 6.04 Å². The summed E-state index contributed by atoms with van der Waals surface area (Å²) in [6.07, 6.45) is 6.19. The van der Waals surface area contributed by atoms with E-state index in [9.17, 15) is 0 Å².